The van der Waals surface area contributed by atoms with Crippen LogP contribution in [0.15, 0.2) is 30.3 Å². The molecule has 1 aliphatic heterocycles. The maximum atomic E-state index is 12.7. The van der Waals surface area contributed by atoms with Gasteiger partial charge in [0, 0.05) is 31.6 Å². The van der Waals surface area contributed by atoms with Gasteiger partial charge in [0.1, 0.15) is 0 Å². The Hall–Kier alpha value is -1.59. The Morgan fingerprint density at radius 3 is 2.71 bits per heavy atom. The van der Waals surface area contributed by atoms with E-state index in [9.17, 15) is 9.90 Å². The Bertz CT molecular complexity index is 505. The summed E-state index contributed by atoms with van der Waals surface area (Å²) >= 11 is 0. The van der Waals surface area contributed by atoms with Crippen LogP contribution in [0.2, 0.25) is 0 Å². The number of urea groups is 1. The monoisotopic (exact) mass is 333 g/mol. The molecule has 0 radical (unpaired) electrons. The van der Waals surface area contributed by atoms with Gasteiger partial charge in [-0.3, -0.25) is 0 Å². The van der Waals surface area contributed by atoms with Gasteiger partial charge in [-0.15, -0.1) is 0 Å². The number of rotatable bonds is 6. The lowest BCUT2D eigenvalue weighted by Gasteiger charge is -2.35. The molecule has 134 valence electrons. The Morgan fingerprint density at radius 1 is 1.38 bits per heavy atom. The molecule has 5 nitrogen and oxygen atoms in total. The second kappa shape index (κ2) is 9.04. The Kier molecular flexibility index (Phi) is 7.06. The molecule has 1 fully saturated rings. The number of hydrogen-bond acceptors (Lipinski definition) is 3. The predicted octanol–water partition coefficient (Wildman–Crippen LogP) is 1.96. The van der Waals surface area contributed by atoms with Crippen molar-refractivity contribution in [2.45, 2.75) is 38.3 Å². The number of aliphatic hydroxyl groups is 1. The molecule has 2 rings (SSSR count). The van der Waals surface area contributed by atoms with Gasteiger partial charge in [0.25, 0.3) is 0 Å². The summed E-state index contributed by atoms with van der Waals surface area (Å²) in [5.74, 6) is 0.186. The average molecular weight is 333 g/mol. The molecule has 0 aromatic heterocycles. The third-order valence-corrected chi connectivity index (χ3v) is 4.67. The molecule has 3 atom stereocenters. The van der Waals surface area contributed by atoms with E-state index >= 15 is 0 Å². The zero-order valence-electron chi connectivity index (χ0n) is 15.1. The van der Waals surface area contributed by atoms with Crippen molar-refractivity contribution in [3.63, 3.8) is 0 Å². The summed E-state index contributed by atoms with van der Waals surface area (Å²) in [5.41, 5.74) is 1.23. The van der Waals surface area contributed by atoms with Crippen LogP contribution in [0.3, 0.4) is 0 Å². The molecule has 0 bridgehead atoms. The molecular formula is C19H31N3O2. The summed E-state index contributed by atoms with van der Waals surface area (Å²) in [6.45, 7) is 4.03. The number of nitrogens with one attached hydrogen (secondary N) is 1. The van der Waals surface area contributed by atoms with Crippen molar-refractivity contribution in [1.29, 1.82) is 0 Å². The maximum Gasteiger partial charge on any atom is 0.317 e. The SMILES string of the molecule is CC(O)C1CCCN(C(=O)NC(Cc2ccccc2)CN(C)C)C1. The highest BCUT2D eigenvalue weighted by molar-refractivity contribution is 5.74. The molecule has 1 aliphatic rings. The predicted molar refractivity (Wildman–Crippen MR) is 97.0 cm³/mol. The van der Waals surface area contributed by atoms with Gasteiger partial charge < -0.3 is 20.2 Å². The molecule has 1 aromatic rings. The van der Waals surface area contributed by atoms with Gasteiger partial charge in [0.2, 0.25) is 0 Å². The fraction of sp³-hybridized carbons (Fsp3) is 0.632. The summed E-state index contributed by atoms with van der Waals surface area (Å²) in [6, 6.07) is 10.3. The van der Waals surface area contributed by atoms with Gasteiger partial charge in [-0.05, 0) is 45.8 Å². The lowest BCUT2D eigenvalue weighted by atomic mass is 9.93. The fourth-order valence-electron chi connectivity index (χ4n) is 3.35. The van der Waals surface area contributed by atoms with Crippen LogP contribution < -0.4 is 5.32 Å². The molecule has 2 N–H and O–H groups in total. The summed E-state index contributed by atoms with van der Waals surface area (Å²) in [6.07, 6.45) is 2.41. The molecule has 1 heterocycles. The second-order valence-corrected chi connectivity index (χ2v) is 7.19. The topological polar surface area (TPSA) is 55.8 Å². The van der Waals surface area contributed by atoms with Crippen molar-refractivity contribution in [3.05, 3.63) is 35.9 Å². The molecular weight excluding hydrogens is 302 g/mol. The zero-order chi connectivity index (χ0) is 17.5. The number of likely N-dealkylation sites (tertiary alicyclic amines) is 1. The van der Waals surface area contributed by atoms with Crippen molar-refractivity contribution in [2.75, 3.05) is 33.7 Å². The quantitative estimate of drug-likeness (QED) is 0.837. The van der Waals surface area contributed by atoms with Gasteiger partial charge in [-0.2, -0.15) is 0 Å². The van der Waals surface area contributed by atoms with Gasteiger partial charge in [-0.1, -0.05) is 30.3 Å². The van der Waals surface area contributed by atoms with Crippen LogP contribution in [-0.4, -0.2) is 66.8 Å². The van der Waals surface area contributed by atoms with E-state index in [0.717, 1.165) is 32.4 Å². The molecule has 3 unspecified atom stereocenters. The minimum atomic E-state index is -0.359. The van der Waals surface area contributed by atoms with E-state index in [4.69, 9.17) is 0 Å². The van der Waals surface area contributed by atoms with Crippen LogP contribution in [0.5, 0.6) is 0 Å². The highest BCUT2D eigenvalue weighted by Gasteiger charge is 2.27. The highest BCUT2D eigenvalue weighted by Crippen LogP contribution is 2.19. The van der Waals surface area contributed by atoms with Crippen molar-refractivity contribution in [3.8, 4) is 0 Å². The number of amides is 2. The Balaban J connectivity index is 1.96. The lowest BCUT2D eigenvalue weighted by molar-refractivity contribution is 0.0731. The third kappa shape index (κ3) is 5.80. The number of piperidine rings is 1. The van der Waals surface area contributed by atoms with Gasteiger partial charge in [0.05, 0.1) is 6.10 Å². The van der Waals surface area contributed by atoms with Crippen molar-refractivity contribution < 1.29 is 9.90 Å². The van der Waals surface area contributed by atoms with Crippen LogP contribution in [-0.2, 0) is 6.42 Å². The third-order valence-electron chi connectivity index (χ3n) is 4.67. The van der Waals surface area contributed by atoms with Crippen molar-refractivity contribution >= 4 is 6.03 Å². The van der Waals surface area contributed by atoms with E-state index in [1.807, 2.05) is 44.1 Å². The first-order valence-corrected chi connectivity index (χ1v) is 8.88. The Morgan fingerprint density at radius 2 is 2.08 bits per heavy atom. The molecule has 0 spiro atoms. The first-order valence-electron chi connectivity index (χ1n) is 8.88. The summed E-state index contributed by atoms with van der Waals surface area (Å²) in [4.78, 5) is 16.6. The highest BCUT2D eigenvalue weighted by atomic mass is 16.3. The number of hydrogen-bond donors (Lipinski definition) is 2. The minimum Gasteiger partial charge on any atom is -0.393 e. The van der Waals surface area contributed by atoms with Gasteiger partial charge in [0.15, 0.2) is 0 Å². The summed E-state index contributed by atoms with van der Waals surface area (Å²) in [7, 11) is 4.04. The van der Waals surface area contributed by atoms with E-state index in [1.165, 1.54) is 5.56 Å². The van der Waals surface area contributed by atoms with E-state index in [2.05, 4.69) is 22.3 Å². The molecule has 0 aliphatic carbocycles. The largest absolute Gasteiger partial charge is 0.393 e. The first kappa shape index (κ1) is 18.7. The van der Waals surface area contributed by atoms with E-state index in [0.29, 0.717) is 6.54 Å². The molecule has 5 heteroatoms. The molecule has 0 saturated carbocycles. The average Bonchev–Trinajstić information content (AvgIpc) is 2.55. The summed E-state index contributed by atoms with van der Waals surface area (Å²) in [5, 5.41) is 13.0. The van der Waals surface area contributed by atoms with E-state index in [-0.39, 0.29) is 24.1 Å². The number of nitrogens with zero attached hydrogens (tertiary/aromatic N) is 2. The standard InChI is InChI=1S/C19H31N3O2/c1-15(23)17-10-7-11-22(13-17)19(24)20-18(14-21(2)3)12-16-8-5-4-6-9-16/h4-6,8-9,15,17-18,23H,7,10-14H2,1-3H3,(H,20,24). The van der Waals surface area contributed by atoms with Crippen LogP contribution in [0.25, 0.3) is 0 Å². The van der Waals surface area contributed by atoms with Crippen molar-refractivity contribution in [2.24, 2.45) is 5.92 Å². The number of benzene rings is 1. The van der Waals surface area contributed by atoms with Gasteiger partial charge >= 0.3 is 6.03 Å². The molecule has 24 heavy (non-hydrogen) atoms. The van der Waals surface area contributed by atoms with E-state index in [1.54, 1.807) is 0 Å². The number of carbonyl (C=O) groups excluding carboxylic acids is 1. The van der Waals surface area contributed by atoms with Crippen LogP contribution in [0.4, 0.5) is 4.79 Å². The number of likely N-dealkylation sites (N-methyl/N-ethyl adjacent to an activating group) is 1. The normalized spacial score (nSPS) is 20.7. The number of carbonyl (C=O) groups is 1. The Labute approximate surface area is 145 Å². The second-order valence-electron chi connectivity index (χ2n) is 7.19. The van der Waals surface area contributed by atoms with Gasteiger partial charge in [-0.25, -0.2) is 4.79 Å². The number of aliphatic hydroxyl groups excluding tert-OH is 1. The van der Waals surface area contributed by atoms with Crippen LogP contribution in [0, 0.1) is 5.92 Å². The van der Waals surface area contributed by atoms with Crippen LogP contribution in [0.1, 0.15) is 25.3 Å². The first-order chi connectivity index (χ1) is 11.5. The van der Waals surface area contributed by atoms with E-state index < -0.39 is 0 Å². The van der Waals surface area contributed by atoms with Crippen LogP contribution >= 0.6 is 0 Å². The van der Waals surface area contributed by atoms with Crippen molar-refractivity contribution in [1.82, 2.24) is 15.1 Å². The lowest BCUT2D eigenvalue weighted by Crippen LogP contribution is -2.52. The fourth-order valence-corrected chi connectivity index (χ4v) is 3.35. The molecule has 1 aromatic carbocycles. The maximum absolute atomic E-state index is 12.7. The summed E-state index contributed by atoms with van der Waals surface area (Å²) < 4.78 is 0. The molecule has 1 saturated heterocycles. The minimum absolute atomic E-state index is 0.0110. The zero-order valence-corrected chi connectivity index (χ0v) is 15.1. The molecule has 2 amide bonds. The smallest absolute Gasteiger partial charge is 0.317 e.